The maximum atomic E-state index is 12.4. The van der Waals surface area contributed by atoms with Gasteiger partial charge in [0.05, 0.1) is 6.42 Å². The maximum absolute atomic E-state index is 12.4. The van der Waals surface area contributed by atoms with Gasteiger partial charge in [0.25, 0.3) is 5.91 Å². The quantitative estimate of drug-likeness (QED) is 0.723. The molecule has 1 aromatic carbocycles. The molecule has 0 bridgehead atoms. The Morgan fingerprint density at radius 1 is 1.09 bits per heavy atom. The predicted molar refractivity (Wildman–Crippen MR) is 81.2 cm³/mol. The molecule has 3 rings (SSSR count). The summed E-state index contributed by atoms with van der Waals surface area (Å²) in [6.07, 6.45) is 0.138. The topological polar surface area (TPSA) is 121 Å². The number of aromatic nitrogens is 4. The Balaban J connectivity index is 1.54. The number of anilines is 1. The van der Waals surface area contributed by atoms with Gasteiger partial charge in [0.2, 0.25) is 5.91 Å². The van der Waals surface area contributed by atoms with Gasteiger partial charge in [-0.15, -0.1) is 5.10 Å². The Morgan fingerprint density at radius 3 is 2.35 bits per heavy atom. The van der Waals surface area contributed by atoms with Crippen molar-refractivity contribution in [3.8, 4) is 0 Å². The first-order valence-electron chi connectivity index (χ1n) is 7.28. The smallest absolute Gasteiger partial charge is 0.253 e. The number of nitrogens with zero attached hydrogens (tertiary/aromatic N) is 5. The van der Waals surface area contributed by atoms with E-state index >= 15 is 0 Å². The van der Waals surface area contributed by atoms with Crippen LogP contribution in [0.1, 0.15) is 16.2 Å². The molecule has 2 heterocycles. The Labute approximate surface area is 132 Å². The van der Waals surface area contributed by atoms with Crippen LogP contribution in [0.3, 0.4) is 0 Å². The summed E-state index contributed by atoms with van der Waals surface area (Å²) in [6.45, 7) is 2.01. The molecule has 1 fully saturated rings. The van der Waals surface area contributed by atoms with Crippen molar-refractivity contribution < 1.29 is 9.59 Å². The van der Waals surface area contributed by atoms with Crippen molar-refractivity contribution >= 4 is 17.5 Å². The van der Waals surface area contributed by atoms with Crippen molar-refractivity contribution in [2.24, 2.45) is 0 Å². The SMILES string of the molecule is Nc1ccc(C(=O)N2CCN(C(=O)Cc3nnn[nH]3)CC2)cc1. The first-order valence-corrected chi connectivity index (χ1v) is 7.28. The molecule has 0 atom stereocenters. The predicted octanol–water partition coefficient (Wildman–Crippen LogP) is -0.691. The van der Waals surface area contributed by atoms with Crippen molar-refractivity contribution in [2.75, 3.05) is 31.9 Å². The van der Waals surface area contributed by atoms with Gasteiger partial charge in [-0.3, -0.25) is 9.59 Å². The first-order chi connectivity index (χ1) is 11.1. The van der Waals surface area contributed by atoms with Crippen LogP contribution in [0.25, 0.3) is 0 Å². The van der Waals surface area contributed by atoms with E-state index in [2.05, 4.69) is 20.6 Å². The minimum absolute atomic E-state index is 0.0449. The second-order valence-electron chi connectivity index (χ2n) is 5.32. The van der Waals surface area contributed by atoms with E-state index < -0.39 is 0 Å². The number of hydrogen-bond acceptors (Lipinski definition) is 6. The van der Waals surface area contributed by atoms with Crippen LogP contribution < -0.4 is 5.73 Å². The number of rotatable bonds is 3. The zero-order valence-corrected chi connectivity index (χ0v) is 12.5. The molecule has 9 heteroatoms. The molecule has 0 aliphatic carbocycles. The number of H-pyrrole nitrogens is 1. The molecular formula is C14H17N7O2. The van der Waals surface area contributed by atoms with E-state index in [4.69, 9.17) is 5.73 Å². The van der Waals surface area contributed by atoms with Crippen molar-refractivity contribution in [1.82, 2.24) is 30.4 Å². The number of aromatic amines is 1. The summed E-state index contributed by atoms with van der Waals surface area (Å²) in [5.41, 5.74) is 6.85. The van der Waals surface area contributed by atoms with Crippen LogP contribution in [0, 0.1) is 0 Å². The zero-order valence-electron chi connectivity index (χ0n) is 12.5. The lowest BCUT2D eigenvalue weighted by Crippen LogP contribution is -2.51. The summed E-state index contributed by atoms with van der Waals surface area (Å²) >= 11 is 0. The minimum atomic E-state index is -0.0527. The molecular weight excluding hydrogens is 298 g/mol. The van der Waals surface area contributed by atoms with Gasteiger partial charge in [0.1, 0.15) is 0 Å². The molecule has 0 radical (unpaired) electrons. The highest BCUT2D eigenvalue weighted by Crippen LogP contribution is 2.11. The number of piperazine rings is 1. The third-order valence-corrected chi connectivity index (χ3v) is 3.79. The highest BCUT2D eigenvalue weighted by Gasteiger charge is 2.25. The minimum Gasteiger partial charge on any atom is -0.399 e. The Bertz CT molecular complexity index is 676. The molecule has 1 aromatic heterocycles. The Kier molecular flexibility index (Phi) is 4.18. The second-order valence-corrected chi connectivity index (χ2v) is 5.32. The van der Waals surface area contributed by atoms with Crippen LogP contribution in [0.5, 0.6) is 0 Å². The third-order valence-electron chi connectivity index (χ3n) is 3.79. The number of benzene rings is 1. The van der Waals surface area contributed by atoms with E-state index in [0.717, 1.165) is 0 Å². The molecule has 1 saturated heterocycles. The van der Waals surface area contributed by atoms with E-state index in [-0.39, 0.29) is 18.2 Å². The molecule has 0 spiro atoms. The lowest BCUT2D eigenvalue weighted by Gasteiger charge is -2.34. The van der Waals surface area contributed by atoms with Gasteiger partial charge in [-0.2, -0.15) is 0 Å². The van der Waals surface area contributed by atoms with Gasteiger partial charge in [-0.1, -0.05) is 0 Å². The van der Waals surface area contributed by atoms with Gasteiger partial charge in [0.15, 0.2) is 5.82 Å². The Morgan fingerprint density at radius 2 is 1.74 bits per heavy atom. The van der Waals surface area contributed by atoms with E-state index in [9.17, 15) is 9.59 Å². The molecule has 2 amide bonds. The highest BCUT2D eigenvalue weighted by molar-refractivity contribution is 5.94. The second kappa shape index (κ2) is 6.42. The molecule has 9 nitrogen and oxygen atoms in total. The van der Waals surface area contributed by atoms with Gasteiger partial charge in [0, 0.05) is 37.4 Å². The number of nitrogens with one attached hydrogen (secondary N) is 1. The number of amides is 2. The van der Waals surface area contributed by atoms with Crippen LogP contribution >= 0.6 is 0 Å². The summed E-state index contributed by atoms with van der Waals surface area (Å²) in [5, 5.41) is 13.2. The monoisotopic (exact) mass is 315 g/mol. The van der Waals surface area contributed by atoms with Crippen molar-refractivity contribution in [2.45, 2.75) is 6.42 Å². The molecule has 3 N–H and O–H groups in total. The number of nitrogens with two attached hydrogens (primary N) is 1. The van der Waals surface area contributed by atoms with E-state index in [0.29, 0.717) is 43.3 Å². The molecule has 1 aliphatic rings. The molecule has 1 aliphatic heterocycles. The summed E-state index contributed by atoms with van der Waals surface area (Å²) in [7, 11) is 0. The highest BCUT2D eigenvalue weighted by atomic mass is 16.2. The standard InChI is InChI=1S/C14H17N7O2/c15-11-3-1-10(2-4-11)14(23)21-7-5-20(6-8-21)13(22)9-12-16-18-19-17-12/h1-4H,5-9,15H2,(H,16,17,18,19). The van der Waals surface area contributed by atoms with Gasteiger partial charge < -0.3 is 15.5 Å². The van der Waals surface area contributed by atoms with E-state index in [1.165, 1.54) is 0 Å². The van der Waals surface area contributed by atoms with Crippen LogP contribution in [-0.4, -0.2) is 68.4 Å². The fourth-order valence-corrected chi connectivity index (χ4v) is 2.48. The van der Waals surface area contributed by atoms with Crippen molar-refractivity contribution in [3.63, 3.8) is 0 Å². The fourth-order valence-electron chi connectivity index (χ4n) is 2.48. The molecule has 23 heavy (non-hydrogen) atoms. The maximum Gasteiger partial charge on any atom is 0.253 e. The molecule has 0 saturated carbocycles. The number of carbonyl (C=O) groups is 2. The summed E-state index contributed by atoms with van der Waals surface area (Å²) in [6, 6.07) is 6.84. The number of carbonyl (C=O) groups excluding carboxylic acids is 2. The van der Waals surface area contributed by atoms with Crippen molar-refractivity contribution in [1.29, 1.82) is 0 Å². The van der Waals surface area contributed by atoms with Crippen LogP contribution in [0.2, 0.25) is 0 Å². The normalized spacial score (nSPS) is 14.8. The lowest BCUT2D eigenvalue weighted by atomic mass is 10.1. The number of hydrogen-bond donors (Lipinski definition) is 2. The van der Waals surface area contributed by atoms with Crippen molar-refractivity contribution in [3.05, 3.63) is 35.7 Å². The average Bonchev–Trinajstić information content (AvgIpc) is 3.08. The van der Waals surface area contributed by atoms with Crippen LogP contribution in [0.15, 0.2) is 24.3 Å². The zero-order chi connectivity index (χ0) is 16.2. The van der Waals surface area contributed by atoms with E-state index in [1.54, 1.807) is 34.1 Å². The first kappa shape index (κ1) is 14.9. The Hall–Kier alpha value is -2.97. The van der Waals surface area contributed by atoms with Crippen LogP contribution in [-0.2, 0) is 11.2 Å². The fraction of sp³-hybridized carbons (Fsp3) is 0.357. The molecule has 120 valence electrons. The summed E-state index contributed by atoms with van der Waals surface area (Å²) < 4.78 is 0. The van der Waals surface area contributed by atoms with Gasteiger partial charge in [-0.25, -0.2) is 5.10 Å². The summed E-state index contributed by atoms with van der Waals surface area (Å²) in [5.74, 6) is 0.343. The number of nitrogen functional groups attached to an aromatic ring is 1. The summed E-state index contributed by atoms with van der Waals surface area (Å²) in [4.78, 5) is 28.0. The van der Waals surface area contributed by atoms with Gasteiger partial charge in [-0.05, 0) is 34.7 Å². The lowest BCUT2D eigenvalue weighted by molar-refractivity contribution is -0.132. The van der Waals surface area contributed by atoms with Gasteiger partial charge >= 0.3 is 0 Å². The average molecular weight is 315 g/mol. The van der Waals surface area contributed by atoms with Crippen LogP contribution in [0.4, 0.5) is 5.69 Å². The number of tetrazole rings is 1. The third kappa shape index (κ3) is 3.44. The molecule has 0 unspecified atom stereocenters. The largest absolute Gasteiger partial charge is 0.399 e. The van der Waals surface area contributed by atoms with E-state index in [1.807, 2.05) is 0 Å². The molecule has 2 aromatic rings.